The van der Waals surface area contributed by atoms with E-state index in [0.717, 1.165) is 17.8 Å². The molecule has 6 heteroatoms. The van der Waals surface area contributed by atoms with Crippen molar-refractivity contribution in [3.05, 3.63) is 144 Å². The summed E-state index contributed by atoms with van der Waals surface area (Å²) in [5, 5.41) is 0. The minimum atomic E-state index is 0.0746. The zero-order valence-electron chi connectivity index (χ0n) is 19.9. The molecule has 6 nitrogen and oxygen atoms in total. The SMILES string of the molecule is O=C1C\C=C/C=C/C=C/C=C\C/C=C2\OCC=C2/C=C\C=C/OC2=COC3=CCOC3=C2O/C=C\C1. The van der Waals surface area contributed by atoms with Crippen molar-refractivity contribution in [3.63, 3.8) is 0 Å². The van der Waals surface area contributed by atoms with Gasteiger partial charge in [0.05, 0.1) is 12.5 Å². The minimum absolute atomic E-state index is 0.0746. The van der Waals surface area contributed by atoms with Crippen LogP contribution >= 0.6 is 0 Å². The Kier molecular flexibility index (Phi) is 9.21. The van der Waals surface area contributed by atoms with Crippen LogP contribution < -0.4 is 0 Å². The Morgan fingerprint density at radius 2 is 1.39 bits per heavy atom. The van der Waals surface area contributed by atoms with Crippen molar-refractivity contribution in [1.82, 2.24) is 0 Å². The summed E-state index contributed by atoms with van der Waals surface area (Å²) in [6.45, 7) is 0.944. The molecule has 0 spiro atoms. The number of Topliss-reactive ketones (excluding diaryl/α,β-unsaturated/α-hetero) is 1. The number of ketones is 1. The highest BCUT2D eigenvalue weighted by molar-refractivity contribution is 5.81. The molecule has 0 unspecified atom stereocenters. The number of carbonyl (C=O) groups excluding carboxylic acids is 1. The third kappa shape index (κ3) is 7.27. The molecule has 0 atom stereocenters. The van der Waals surface area contributed by atoms with E-state index in [4.69, 9.17) is 23.7 Å². The van der Waals surface area contributed by atoms with Gasteiger partial charge in [-0.2, -0.15) is 0 Å². The molecular formula is C30H28O6. The van der Waals surface area contributed by atoms with Gasteiger partial charge >= 0.3 is 0 Å². The lowest BCUT2D eigenvalue weighted by Crippen LogP contribution is -2.07. The lowest BCUT2D eigenvalue weighted by molar-refractivity contribution is -0.117. The Morgan fingerprint density at radius 3 is 2.31 bits per heavy atom. The fourth-order valence-electron chi connectivity index (χ4n) is 3.41. The first-order valence-electron chi connectivity index (χ1n) is 11.8. The van der Waals surface area contributed by atoms with E-state index in [1.807, 2.05) is 72.9 Å². The van der Waals surface area contributed by atoms with Crippen LogP contribution in [-0.4, -0.2) is 19.0 Å². The van der Waals surface area contributed by atoms with Gasteiger partial charge in [-0.3, -0.25) is 4.79 Å². The van der Waals surface area contributed by atoms with Crippen molar-refractivity contribution < 1.29 is 28.5 Å². The van der Waals surface area contributed by atoms with Crippen LogP contribution in [0.2, 0.25) is 0 Å². The van der Waals surface area contributed by atoms with Crippen LogP contribution in [0.3, 0.4) is 0 Å². The minimum Gasteiger partial charge on any atom is -0.489 e. The van der Waals surface area contributed by atoms with Gasteiger partial charge < -0.3 is 23.7 Å². The molecule has 0 saturated heterocycles. The highest BCUT2D eigenvalue weighted by atomic mass is 16.6. The number of rotatable bonds is 0. The summed E-state index contributed by atoms with van der Waals surface area (Å²) in [5.41, 5.74) is 1.02. The van der Waals surface area contributed by atoms with Gasteiger partial charge in [0.15, 0.2) is 5.76 Å². The summed E-state index contributed by atoms with van der Waals surface area (Å²) >= 11 is 0. The third-order valence-electron chi connectivity index (χ3n) is 5.17. The second-order valence-electron chi connectivity index (χ2n) is 7.78. The van der Waals surface area contributed by atoms with Gasteiger partial charge in [-0.25, -0.2) is 0 Å². The molecule has 0 N–H and O–H groups in total. The van der Waals surface area contributed by atoms with Crippen LogP contribution in [0.5, 0.6) is 0 Å². The molecule has 0 aliphatic carbocycles. The van der Waals surface area contributed by atoms with Gasteiger partial charge in [0.2, 0.25) is 17.3 Å². The molecule has 4 aliphatic rings. The molecule has 0 saturated carbocycles. The normalized spacial score (nSPS) is 28.3. The Bertz CT molecular complexity index is 1190. The lowest BCUT2D eigenvalue weighted by atomic mass is 10.2. The van der Waals surface area contributed by atoms with E-state index < -0.39 is 0 Å². The standard InChI is InChI=1S/C30H28O6/c31-25-14-8-6-4-2-1-3-5-7-9-16-26-24(17-21-33-26)13-10-11-19-32-28-23-36-27-18-22-35-29(27)30(28)34-20-12-15-25/h1-8,10-13,16-20,23H,9,14-15,21-22H2/b3-1+,4-2+,7-5-,8-6-,13-10-,19-11-,20-12-,26-16-. The predicted molar refractivity (Wildman–Crippen MR) is 137 cm³/mol. The van der Waals surface area contributed by atoms with Crippen molar-refractivity contribution in [2.75, 3.05) is 13.2 Å². The van der Waals surface area contributed by atoms with Gasteiger partial charge in [-0.05, 0) is 36.8 Å². The van der Waals surface area contributed by atoms with E-state index in [-0.39, 0.29) is 12.2 Å². The van der Waals surface area contributed by atoms with Crippen molar-refractivity contribution in [3.8, 4) is 0 Å². The number of ether oxygens (including phenoxy) is 5. The third-order valence-corrected chi connectivity index (χ3v) is 5.17. The van der Waals surface area contributed by atoms with Gasteiger partial charge in [-0.15, -0.1) is 0 Å². The number of hydrogen-bond donors (Lipinski definition) is 0. The molecular weight excluding hydrogens is 456 g/mol. The molecule has 0 amide bonds. The molecule has 0 aromatic heterocycles. The number of carbonyl (C=O) groups is 1. The molecule has 0 bridgehead atoms. The first kappa shape index (κ1) is 24.7. The quantitative estimate of drug-likeness (QED) is 0.395. The molecule has 184 valence electrons. The maximum Gasteiger partial charge on any atom is 0.217 e. The number of hydrogen-bond acceptors (Lipinski definition) is 6. The molecule has 36 heavy (non-hydrogen) atoms. The van der Waals surface area contributed by atoms with Crippen LogP contribution in [0.15, 0.2) is 144 Å². The maximum absolute atomic E-state index is 12.1. The summed E-state index contributed by atoms with van der Waals surface area (Å²) in [6, 6.07) is 0. The van der Waals surface area contributed by atoms with Crippen LogP contribution in [0.1, 0.15) is 19.3 Å². The Balaban J connectivity index is 1.49. The Hall–Kier alpha value is -4.45. The van der Waals surface area contributed by atoms with E-state index in [9.17, 15) is 4.79 Å². The lowest BCUT2D eigenvalue weighted by Gasteiger charge is -2.18. The zero-order chi connectivity index (χ0) is 24.8. The average Bonchev–Trinajstić information content (AvgIpc) is 3.54. The first-order chi connectivity index (χ1) is 17.8. The molecule has 4 heterocycles. The fraction of sp³-hybridized carbons (Fsp3) is 0.167. The van der Waals surface area contributed by atoms with Crippen molar-refractivity contribution in [1.29, 1.82) is 0 Å². The van der Waals surface area contributed by atoms with E-state index in [1.54, 1.807) is 12.2 Å². The summed E-state index contributed by atoms with van der Waals surface area (Å²) < 4.78 is 28.5. The largest absolute Gasteiger partial charge is 0.489 e. The monoisotopic (exact) mass is 484 g/mol. The van der Waals surface area contributed by atoms with E-state index in [2.05, 4.69) is 6.08 Å². The number of fused-ring (bicyclic) bond motifs is 3. The molecule has 4 rings (SSSR count). The summed E-state index contributed by atoms with van der Waals surface area (Å²) in [4.78, 5) is 12.1. The van der Waals surface area contributed by atoms with Gasteiger partial charge in [0, 0.05) is 18.4 Å². The van der Waals surface area contributed by atoms with Crippen LogP contribution in [0, 0.1) is 0 Å². The smallest absolute Gasteiger partial charge is 0.217 e. The predicted octanol–water partition coefficient (Wildman–Crippen LogP) is 6.42. The van der Waals surface area contributed by atoms with E-state index >= 15 is 0 Å². The second-order valence-corrected chi connectivity index (χ2v) is 7.78. The van der Waals surface area contributed by atoms with Gasteiger partial charge in [0.1, 0.15) is 31.0 Å². The average molecular weight is 485 g/mol. The molecule has 0 radical (unpaired) electrons. The van der Waals surface area contributed by atoms with Crippen molar-refractivity contribution >= 4 is 5.78 Å². The molecule has 0 fully saturated rings. The highest BCUT2D eigenvalue weighted by Crippen LogP contribution is 2.33. The van der Waals surface area contributed by atoms with Crippen molar-refractivity contribution in [2.24, 2.45) is 0 Å². The summed E-state index contributed by atoms with van der Waals surface area (Å²) in [6.07, 6.45) is 34.4. The number of allylic oxidation sites excluding steroid dienone is 13. The van der Waals surface area contributed by atoms with Crippen LogP contribution in [-0.2, 0) is 28.5 Å². The fourth-order valence-corrected chi connectivity index (χ4v) is 3.41. The second kappa shape index (κ2) is 13.4. The van der Waals surface area contributed by atoms with E-state index in [0.29, 0.717) is 42.7 Å². The zero-order valence-corrected chi connectivity index (χ0v) is 19.9. The molecule has 4 aliphatic heterocycles. The highest BCUT2D eigenvalue weighted by Gasteiger charge is 2.29. The van der Waals surface area contributed by atoms with Gasteiger partial charge in [0.25, 0.3) is 0 Å². The first-order valence-corrected chi connectivity index (χ1v) is 11.8. The molecule has 0 aromatic rings. The van der Waals surface area contributed by atoms with Crippen LogP contribution in [0.25, 0.3) is 0 Å². The van der Waals surface area contributed by atoms with Gasteiger partial charge in [-0.1, -0.05) is 60.8 Å². The van der Waals surface area contributed by atoms with E-state index in [1.165, 1.54) is 18.8 Å². The molecule has 0 aromatic carbocycles. The topological polar surface area (TPSA) is 63.2 Å². The summed E-state index contributed by atoms with van der Waals surface area (Å²) in [5.74, 6) is 2.71. The van der Waals surface area contributed by atoms with Crippen molar-refractivity contribution in [2.45, 2.75) is 19.3 Å². The maximum atomic E-state index is 12.1. The Morgan fingerprint density at radius 1 is 0.583 bits per heavy atom. The van der Waals surface area contributed by atoms with Crippen LogP contribution in [0.4, 0.5) is 0 Å². The summed E-state index contributed by atoms with van der Waals surface area (Å²) in [7, 11) is 0. The Labute approximate surface area is 211 Å².